The predicted octanol–water partition coefficient (Wildman–Crippen LogP) is 2.06. The van der Waals surface area contributed by atoms with Gasteiger partial charge in [0, 0.05) is 11.8 Å². The Morgan fingerprint density at radius 2 is 2.18 bits per heavy atom. The molecule has 0 fully saturated rings. The van der Waals surface area contributed by atoms with Crippen LogP contribution in [0.2, 0.25) is 0 Å². The molecule has 2 atom stereocenters. The second-order valence-electron chi connectivity index (χ2n) is 5.38. The number of ether oxygens (including phenoxy) is 1. The topological polar surface area (TPSA) is 76.9 Å². The molecule has 6 nitrogen and oxygen atoms in total. The van der Waals surface area contributed by atoms with Gasteiger partial charge in [-0.25, -0.2) is 9.98 Å². The van der Waals surface area contributed by atoms with Crippen molar-refractivity contribution in [1.82, 2.24) is 9.88 Å². The summed E-state index contributed by atoms with van der Waals surface area (Å²) in [6.07, 6.45) is 5.02. The van der Waals surface area contributed by atoms with Gasteiger partial charge in [-0.2, -0.15) is 0 Å². The molecule has 2 aliphatic rings. The van der Waals surface area contributed by atoms with E-state index in [2.05, 4.69) is 27.9 Å². The molecular weight excluding hydrogens is 280 g/mol. The maximum atomic E-state index is 5.99. The summed E-state index contributed by atoms with van der Waals surface area (Å²) in [6, 6.07) is 8.16. The van der Waals surface area contributed by atoms with E-state index in [4.69, 9.17) is 14.9 Å². The average molecular weight is 296 g/mol. The molecule has 2 aromatic rings. The number of oxazole rings is 1. The summed E-state index contributed by atoms with van der Waals surface area (Å²) in [5, 5.41) is 0. The van der Waals surface area contributed by atoms with E-state index in [1.165, 1.54) is 6.26 Å². The van der Waals surface area contributed by atoms with Gasteiger partial charge in [-0.05, 0) is 13.0 Å². The highest BCUT2D eigenvalue weighted by molar-refractivity contribution is 6.01. The number of aromatic nitrogens is 1. The minimum atomic E-state index is -0.00861. The zero-order valence-corrected chi connectivity index (χ0v) is 12.1. The van der Waals surface area contributed by atoms with Crippen LogP contribution in [-0.2, 0) is 0 Å². The van der Waals surface area contributed by atoms with Crippen LogP contribution in [0.4, 0.5) is 0 Å². The van der Waals surface area contributed by atoms with Gasteiger partial charge in [0.05, 0.1) is 18.3 Å². The second kappa shape index (κ2) is 4.91. The molecule has 0 radical (unpaired) electrons. The molecular formula is C16H16N4O2. The van der Waals surface area contributed by atoms with E-state index in [1.807, 2.05) is 24.4 Å². The number of aliphatic imine (C=N–C) groups is 1. The van der Waals surface area contributed by atoms with Crippen LogP contribution in [0.1, 0.15) is 24.4 Å². The molecule has 0 saturated heterocycles. The van der Waals surface area contributed by atoms with Crippen molar-refractivity contribution in [2.24, 2.45) is 10.7 Å². The minimum Gasteiger partial charge on any atom is -0.491 e. The molecule has 112 valence electrons. The lowest BCUT2D eigenvalue weighted by atomic mass is 10.0. The van der Waals surface area contributed by atoms with E-state index >= 15 is 0 Å². The lowest BCUT2D eigenvalue weighted by Crippen LogP contribution is -2.42. The predicted molar refractivity (Wildman–Crippen MR) is 81.3 cm³/mol. The van der Waals surface area contributed by atoms with Gasteiger partial charge in [0.15, 0.2) is 0 Å². The molecule has 22 heavy (non-hydrogen) atoms. The van der Waals surface area contributed by atoms with E-state index in [9.17, 15) is 0 Å². The number of hydrogen-bond donors (Lipinski definition) is 1. The first-order chi connectivity index (χ1) is 10.7. The Labute approximate surface area is 127 Å². The molecule has 0 amide bonds. The van der Waals surface area contributed by atoms with Crippen molar-refractivity contribution >= 4 is 5.71 Å². The lowest BCUT2D eigenvalue weighted by Gasteiger charge is -2.35. The molecule has 1 unspecified atom stereocenters. The highest BCUT2D eigenvalue weighted by Gasteiger charge is 2.35. The van der Waals surface area contributed by atoms with Crippen LogP contribution < -0.4 is 10.5 Å². The number of hydrogen-bond acceptors (Lipinski definition) is 6. The number of benzene rings is 1. The van der Waals surface area contributed by atoms with Crippen molar-refractivity contribution in [3.63, 3.8) is 0 Å². The van der Waals surface area contributed by atoms with Crippen LogP contribution in [-0.4, -0.2) is 28.2 Å². The molecule has 4 rings (SSSR count). The summed E-state index contributed by atoms with van der Waals surface area (Å²) in [6.45, 7) is 2.65. The number of rotatable bonds is 2. The van der Waals surface area contributed by atoms with Crippen LogP contribution in [0.25, 0.3) is 0 Å². The summed E-state index contributed by atoms with van der Waals surface area (Å²) in [7, 11) is 0. The van der Waals surface area contributed by atoms with Crippen LogP contribution in [0.3, 0.4) is 0 Å². The monoisotopic (exact) mass is 296 g/mol. The van der Waals surface area contributed by atoms with E-state index < -0.39 is 0 Å². The summed E-state index contributed by atoms with van der Waals surface area (Å²) >= 11 is 0. The highest BCUT2D eigenvalue weighted by Crippen LogP contribution is 2.38. The lowest BCUT2D eigenvalue weighted by molar-refractivity contribution is 0.201. The molecule has 6 heteroatoms. The maximum absolute atomic E-state index is 5.99. The number of nitrogens with two attached hydrogens (primary N) is 1. The number of fused-ring (bicyclic) bond motifs is 1. The third kappa shape index (κ3) is 1.95. The summed E-state index contributed by atoms with van der Waals surface area (Å²) in [5.74, 6) is 1.86. The zero-order valence-electron chi connectivity index (χ0n) is 12.1. The van der Waals surface area contributed by atoms with Crippen LogP contribution in [0.5, 0.6) is 5.75 Å². The largest absolute Gasteiger partial charge is 0.491 e. The Morgan fingerprint density at radius 1 is 1.32 bits per heavy atom. The Bertz CT molecular complexity index is 751. The van der Waals surface area contributed by atoms with Crippen molar-refractivity contribution in [3.8, 4) is 5.75 Å². The third-order valence-electron chi connectivity index (χ3n) is 4.06. The normalized spacial score (nSPS) is 23.6. The van der Waals surface area contributed by atoms with E-state index in [-0.39, 0.29) is 12.1 Å². The van der Waals surface area contributed by atoms with E-state index in [1.54, 1.807) is 6.20 Å². The maximum Gasteiger partial charge on any atom is 0.242 e. The molecule has 1 aromatic carbocycles. The van der Waals surface area contributed by atoms with Crippen molar-refractivity contribution in [3.05, 3.63) is 60.2 Å². The third-order valence-corrected chi connectivity index (χ3v) is 4.06. The quantitative estimate of drug-likeness (QED) is 0.918. The fourth-order valence-corrected chi connectivity index (χ4v) is 3.00. The minimum absolute atomic E-state index is 0.00861. The van der Waals surface area contributed by atoms with Gasteiger partial charge in [-0.3, -0.25) is 0 Å². The summed E-state index contributed by atoms with van der Waals surface area (Å²) in [5.41, 5.74) is 7.88. The zero-order chi connectivity index (χ0) is 15.1. The van der Waals surface area contributed by atoms with Crippen molar-refractivity contribution in [2.45, 2.75) is 19.0 Å². The molecule has 2 aliphatic heterocycles. The summed E-state index contributed by atoms with van der Waals surface area (Å²) in [4.78, 5) is 10.8. The molecule has 1 aromatic heterocycles. The summed E-state index contributed by atoms with van der Waals surface area (Å²) < 4.78 is 11.2. The van der Waals surface area contributed by atoms with E-state index in [0.29, 0.717) is 18.3 Å². The molecule has 0 spiro atoms. The second-order valence-corrected chi connectivity index (χ2v) is 5.38. The van der Waals surface area contributed by atoms with Crippen LogP contribution in [0, 0.1) is 0 Å². The SMILES string of the molecule is CC1C(c2ncco2)=NC(N)=CN1[C@@H]1COc2ccccc21. The number of para-hydroxylation sites is 1. The first kappa shape index (κ1) is 12.9. The molecule has 0 bridgehead atoms. The van der Waals surface area contributed by atoms with Gasteiger partial charge >= 0.3 is 0 Å². The fraction of sp³-hybridized carbons (Fsp3) is 0.250. The van der Waals surface area contributed by atoms with Crippen molar-refractivity contribution < 1.29 is 9.15 Å². The first-order valence-electron chi connectivity index (χ1n) is 7.19. The Kier molecular flexibility index (Phi) is 2.89. The molecule has 0 saturated carbocycles. The van der Waals surface area contributed by atoms with Crippen molar-refractivity contribution in [2.75, 3.05) is 6.61 Å². The van der Waals surface area contributed by atoms with Gasteiger partial charge in [-0.15, -0.1) is 0 Å². The Morgan fingerprint density at radius 3 is 3.00 bits per heavy atom. The van der Waals surface area contributed by atoms with E-state index in [0.717, 1.165) is 17.0 Å². The smallest absolute Gasteiger partial charge is 0.242 e. The molecule has 2 N–H and O–H groups in total. The van der Waals surface area contributed by atoms with Gasteiger partial charge < -0.3 is 19.8 Å². The van der Waals surface area contributed by atoms with Gasteiger partial charge in [-0.1, -0.05) is 18.2 Å². The van der Waals surface area contributed by atoms with Gasteiger partial charge in [0.25, 0.3) is 0 Å². The number of nitrogens with zero attached hydrogens (tertiary/aromatic N) is 3. The molecule has 0 aliphatic carbocycles. The van der Waals surface area contributed by atoms with Gasteiger partial charge in [0.2, 0.25) is 5.89 Å². The first-order valence-corrected chi connectivity index (χ1v) is 7.19. The molecule has 3 heterocycles. The standard InChI is InChI=1S/C16H16N4O2/c1-10-15(16-18-6-7-21-16)19-14(17)8-20(10)12-9-22-13-5-3-2-4-11(12)13/h2-8,10,12H,9,17H2,1H3/t10?,12-/m1/s1. The van der Waals surface area contributed by atoms with Crippen molar-refractivity contribution in [1.29, 1.82) is 0 Å². The average Bonchev–Trinajstić information content (AvgIpc) is 3.18. The Hall–Kier alpha value is -2.76. The van der Waals surface area contributed by atoms with Gasteiger partial charge in [0.1, 0.15) is 30.2 Å². The fourth-order valence-electron chi connectivity index (χ4n) is 3.00. The van der Waals surface area contributed by atoms with Crippen LogP contribution in [0.15, 0.2) is 58.2 Å². The highest BCUT2D eigenvalue weighted by atomic mass is 16.5. The Balaban J connectivity index is 1.71. The van der Waals surface area contributed by atoms with Crippen LogP contribution >= 0.6 is 0 Å².